The summed E-state index contributed by atoms with van der Waals surface area (Å²) < 4.78 is 73.3. The summed E-state index contributed by atoms with van der Waals surface area (Å²) in [4.78, 5) is 16.8. The van der Waals surface area contributed by atoms with E-state index in [0.29, 0.717) is 38.0 Å². The maximum Gasteiger partial charge on any atom is 0.416 e. The maximum atomic E-state index is 13.5. The summed E-state index contributed by atoms with van der Waals surface area (Å²) >= 11 is 0. The summed E-state index contributed by atoms with van der Waals surface area (Å²) in [5.41, 5.74) is 1.24. The number of amides is 1. The van der Waals surface area contributed by atoms with Crippen molar-refractivity contribution in [1.82, 2.24) is 14.1 Å². The van der Waals surface area contributed by atoms with Crippen molar-refractivity contribution in [3.05, 3.63) is 126 Å². The van der Waals surface area contributed by atoms with Crippen LogP contribution in [0.1, 0.15) is 34.9 Å². The summed E-state index contributed by atoms with van der Waals surface area (Å²) in [6.07, 6.45) is -3.44. The molecule has 43 heavy (non-hydrogen) atoms. The fourth-order valence-electron chi connectivity index (χ4n) is 5.34. The van der Waals surface area contributed by atoms with Crippen molar-refractivity contribution < 1.29 is 30.8 Å². The molecule has 0 aliphatic carbocycles. The van der Waals surface area contributed by atoms with Gasteiger partial charge in [-0.2, -0.15) is 17.5 Å². The molecule has 0 atom stereocenters. The van der Waals surface area contributed by atoms with Crippen LogP contribution in [0.2, 0.25) is 0 Å². The molecule has 0 N–H and O–H groups in total. The number of hydrogen-bond donors (Lipinski definition) is 0. The predicted octanol–water partition coefficient (Wildman–Crippen LogP) is 5.81. The molecule has 2 heterocycles. The minimum absolute atomic E-state index is 0.0287. The van der Waals surface area contributed by atoms with Gasteiger partial charge in [0.1, 0.15) is 5.76 Å². The molecule has 4 aromatic rings. The van der Waals surface area contributed by atoms with E-state index in [9.17, 15) is 26.4 Å². The van der Waals surface area contributed by atoms with Gasteiger partial charge in [-0.3, -0.25) is 9.69 Å². The lowest BCUT2D eigenvalue weighted by Gasteiger charge is -2.40. The quantitative estimate of drug-likeness (QED) is 0.226. The summed E-state index contributed by atoms with van der Waals surface area (Å²) in [6.45, 7) is 1.75. The number of hydrogen-bond acceptors (Lipinski definition) is 5. The molecular formula is C32H32F3N3O4S. The van der Waals surface area contributed by atoms with Gasteiger partial charge < -0.3 is 9.32 Å². The van der Waals surface area contributed by atoms with Crippen LogP contribution in [0, 0.1) is 0 Å². The van der Waals surface area contributed by atoms with Crippen LogP contribution in [0.25, 0.3) is 0 Å². The normalized spacial score (nSPS) is 14.9. The lowest BCUT2D eigenvalue weighted by atomic mass is 9.96. The first kappa shape index (κ1) is 30.5. The smallest absolute Gasteiger partial charge is 0.416 e. The number of rotatable bonds is 10. The number of carbonyl (C=O) groups excluding carboxylic acids is 1. The van der Waals surface area contributed by atoms with Gasteiger partial charge in [-0.1, -0.05) is 66.7 Å². The van der Waals surface area contributed by atoms with Crippen molar-refractivity contribution in [1.29, 1.82) is 0 Å². The fraction of sp³-hybridized carbons (Fsp3) is 0.281. The molecule has 226 valence electrons. The molecule has 1 aliphatic rings. The highest BCUT2D eigenvalue weighted by Gasteiger charge is 2.34. The summed E-state index contributed by atoms with van der Waals surface area (Å²) in [6, 6.07) is 27.2. The van der Waals surface area contributed by atoms with Crippen LogP contribution in [-0.4, -0.2) is 61.2 Å². The molecule has 1 aliphatic heterocycles. The Labute approximate surface area is 249 Å². The average molecular weight is 612 g/mol. The number of nitrogens with zero attached hydrogens (tertiary/aromatic N) is 3. The summed E-state index contributed by atoms with van der Waals surface area (Å²) in [5, 5.41) is 0. The Morgan fingerprint density at radius 2 is 1.47 bits per heavy atom. The Morgan fingerprint density at radius 1 is 0.837 bits per heavy atom. The first-order valence-electron chi connectivity index (χ1n) is 13.9. The van der Waals surface area contributed by atoms with Crippen LogP contribution in [-0.2, 0) is 27.5 Å². The number of benzene rings is 3. The Bertz CT molecular complexity index is 1550. The van der Waals surface area contributed by atoms with Crippen LogP contribution < -0.4 is 0 Å². The van der Waals surface area contributed by atoms with E-state index in [2.05, 4.69) is 29.2 Å². The zero-order valence-corrected chi connectivity index (χ0v) is 24.2. The van der Waals surface area contributed by atoms with E-state index in [4.69, 9.17) is 4.42 Å². The van der Waals surface area contributed by atoms with E-state index in [1.165, 1.54) is 6.26 Å². The summed E-state index contributed by atoms with van der Waals surface area (Å²) in [7, 11) is -4.37. The van der Waals surface area contributed by atoms with Gasteiger partial charge in [0, 0.05) is 39.1 Å². The molecule has 0 spiro atoms. The molecule has 11 heteroatoms. The van der Waals surface area contributed by atoms with Crippen LogP contribution in [0.15, 0.2) is 113 Å². The second kappa shape index (κ2) is 13.2. The van der Waals surface area contributed by atoms with Gasteiger partial charge in [-0.05, 0) is 41.5 Å². The second-order valence-electron chi connectivity index (χ2n) is 10.3. The van der Waals surface area contributed by atoms with Gasteiger partial charge in [0.25, 0.3) is 0 Å². The lowest BCUT2D eigenvalue weighted by Crippen LogP contribution is -2.50. The molecule has 3 aromatic carbocycles. The number of alkyl halides is 3. The van der Waals surface area contributed by atoms with Crippen molar-refractivity contribution >= 4 is 15.9 Å². The van der Waals surface area contributed by atoms with Gasteiger partial charge in [0.15, 0.2) is 0 Å². The minimum atomic E-state index is -4.70. The lowest BCUT2D eigenvalue weighted by molar-refractivity contribution is -0.137. The molecule has 1 aromatic heterocycles. The Balaban J connectivity index is 1.27. The number of sulfonamides is 1. The molecule has 7 nitrogen and oxygen atoms in total. The van der Waals surface area contributed by atoms with Crippen LogP contribution in [0.4, 0.5) is 13.2 Å². The first-order chi connectivity index (χ1) is 20.6. The minimum Gasteiger partial charge on any atom is -0.468 e. The molecule has 0 radical (unpaired) electrons. The molecule has 1 saturated heterocycles. The zero-order chi connectivity index (χ0) is 30.5. The number of carbonyl (C=O) groups is 1. The van der Waals surface area contributed by atoms with Crippen molar-refractivity contribution in [2.45, 2.75) is 30.1 Å². The standard InChI is InChI=1S/C32H32F3N3O4S/c33-32(34,35)27-13-7-15-29(23-27)43(40,41)38(24-28-14-8-22-42-28)17-16-30(39)36-18-20-37(21-19-36)31(25-9-3-1-4-10-25)26-11-5-2-6-12-26/h1-15,22-23,31H,16-21,24H2. The van der Waals surface area contributed by atoms with Crippen molar-refractivity contribution in [2.75, 3.05) is 32.7 Å². The van der Waals surface area contributed by atoms with Gasteiger partial charge in [-0.25, -0.2) is 8.42 Å². The predicted molar refractivity (Wildman–Crippen MR) is 155 cm³/mol. The molecular weight excluding hydrogens is 579 g/mol. The van der Waals surface area contributed by atoms with E-state index < -0.39 is 26.7 Å². The van der Waals surface area contributed by atoms with Crippen molar-refractivity contribution in [3.63, 3.8) is 0 Å². The average Bonchev–Trinajstić information content (AvgIpc) is 3.54. The van der Waals surface area contributed by atoms with Crippen molar-refractivity contribution in [2.24, 2.45) is 0 Å². The molecule has 5 rings (SSSR count). The highest BCUT2D eigenvalue weighted by Crippen LogP contribution is 2.32. The topological polar surface area (TPSA) is 74.1 Å². The van der Waals surface area contributed by atoms with E-state index in [0.717, 1.165) is 33.6 Å². The summed E-state index contributed by atoms with van der Waals surface area (Å²) in [5.74, 6) is 0.0868. The van der Waals surface area contributed by atoms with Gasteiger partial charge in [0.05, 0.1) is 29.3 Å². The highest BCUT2D eigenvalue weighted by molar-refractivity contribution is 7.89. The van der Waals surface area contributed by atoms with Gasteiger partial charge in [-0.15, -0.1) is 0 Å². The Morgan fingerprint density at radius 3 is 2.02 bits per heavy atom. The highest BCUT2D eigenvalue weighted by atomic mass is 32.2. The number of piperazine rings is 1. The Hall–Kier alpha value is -3.93. The monoisotopic (exact) mass is 611 g/mol. The number of halogens is 3. The molecule has 0 bridgehead atoms. The van der Waals surface area contributed by atoms with E-state index in [1.807, 2.05) is 36.4 Å². The molecule has 1 fully saturated rings. The molecule has 1 amide bonds. The first-order valence-corrected chi connectivity index (χ1v) is 15.4. The molecule has 0 unspecified atom stereocenters. The van der Waals surface area contributed by atoms with Gasteiger partial charge in [0.2, 0.25) is 15.9 Å². The van der Waals surface area contributed by atoms with Crippen LogP contribution in [0.5, 0.6) is 0 Å². The van der Waals surface area contributed by atoms with Crippen molar-refractivity contribution in [3.8, 4) is 0 Å². The zero-order valence-electron chi connectivity index (χ0n) is 23.4. The maximum absolute atomic E-state index is 13.5. The van der Waals surface area contributed by atoms with E-state index in [-0.39, 0.29) is 31.5 Å². The SMILES string of the molecule is O=C(CCN(Cc1ccco1)S(=O)(=O)c1cccc(C(F)(F)F)c1)N1CCN(C(c2ccccc2)c2ccccc2)CC1. The third-order valence-electron chi connectivity index (χ3n) is 7.55. The van der Waals surface area contributed by atoms with Crippen LogP contribution >= 0.6 is 0 Å². The largest absolute Gasteiger partial charge is 0.468 e. The third-order valence-corrected chi connectivity index (χ3v) is 9.39. The molecule has 0 saturated carbocycles. The van der Waals surface area contributed by atoms with Gasteiger partial charge >= 0.3 is 6.18 Å². The Kier molecular flexibility index (Phi) is 9.34. The fourth-order valence-corrected chi connectivity index (χ4v) is 6.79. The van der Waals surface area contributed by atoms with E-state index >= 15 is 0 Å². The van der Waals surface area contributed by atoms with Crippen LogP contribution in [0.3, 0.4) is 0 Å². The third kappa shape index (κ3) is 7.35. The second-order valence-corrected chi connectivity index (χ2v) is 12.3. The van der Waals surface area contributed by atoms with E-state index in [1.54, 1.807) is 17.0 Å². The number of furan rings is 1.